The highest BCUT2D eigenvalue weighted by molar-refractivity contribution is 5.92. The minimum absolute atomic E-state index is 0.255. The molecule has 0 saturated heterocycles. The van der Waals surface area contributed by atoms with Crippen LogP contribution in [0.1, 0.15) is 15.9 Å². The summed E-state index contributed by atoms with van der Waals surface area (Å²) >= 11 is 0. The molecular formula is C8H5F3NO. The molecule has 69 valence electrons. The molecule has 0 aliphatic rings. The van der Waals surface area contributed by atoms with E-state index in [1.807, 2.05) is 0 Å². The van der Waals surface area contributed by atoms with Gasteiger partial charge in [0.05, 0.1) is 5.56 Å². The molecule has 0 bridgehead atoms. The smallest absolute Gasteiger partial charge is 0.267 e. The zero-order chi connectivity index (χ0) is 10.1. The second-order valence-electron chi connectivity index (χ2n) is 2.41. The Kier molecular flexibility index (Phi) is 2.27. The van der Waals surface area contributed by atoms with Crippen molar-refractivity contribution in [2.75, 3.05) is 0 Å². The van der Waals surface area contributed by atoms with Crippen LogP contribution >= 0.6 is 0 Å². The first kappa shape index (κ1) is 9.57. The summed E-state index contributed by atoms with van der Waals surface area (Å²) in [5.74, 6) is -1.12. The molecule has 1 aromatic carbocycles. The normalized spacial score (nSPS) is 11.3. The van der Waals surface area contributed by atoms with E-state index in [1.165, 1.54) is 6.07 Å². The molecule has 0 spiro atoms. The molecule has 2 nitrogen and oxygen atoms in total. The third-order valence-electron chi connectivity index (χ3n) is 1.45. The summed E-state index contributed by atoms with van der Waals surface area (Å²) in [6.07, 6.45) is -4.47. The fraction of sp³-hybridized carbons (Fsp3) is 0.125. The van der Waals surface area contributed by atoms with Gasteiger partial charge in [-0.1, -0.05) is 6.07 Å². The molecule has 1 N–H and O–H groups in total. The molecule has 1 amide bonds. The van der Waals surface area contributed by atoms with Gasteiger partial charge in [-0.2, -0.15) is 13.2 Å². The van der Waals surface area contributed by atoms with Gasteiger partial charge in [0.1, 0.15) is 0 Å². The molecule has 0 aromatic heterocycles. The Morgan fingerprint density at radius 2 is 1.92 bits per heavy atom. The van der Waals surface area contributed by atoms with Crippen LogP contribution in [0, 0.1) is 0 Å². The third kappa shape index (κ3) is 2.21. The molecule has 1 radical (unpaired) electrons. The lowest BCUT2D eigenvalue weighted by Crippen LogP contribution is -2.07. The minimum Gasteiger partial charge on any atom is -0.267 e. The van der Waals surface area contributed by atoms with E-state index in [0.717, 1.165) is 12.1 Å². The van der Waals surface area contributed by atoms with Gasteiger partial charge in [-0.3, -0.25) is 10.5 Å². The van der Waals surface area contributed by atoms with Crippen molar-refractivity contribution in [1.29, 1.82) is 0 Å². The Balaban J connectivity index is 3.13. The minimum atomic E-state index is -4.47. The molecule has 0 aliphatic heterocycles. The predicted molar refractivity (Wildman–Crippen MR) is 38.9 cm³/mol. The van der Waals surface area contributed by atoms with Crippen molar-refractivity contribution in [3.05, 3.63) is 35.4 Å². The maximum Gasteiger partial charge on any atom is 0.416 e. The van der Waals surface area contributed by atoms with Gasteiger partial charge < -0.3 is 0 Å². The van der Waals surface area contributed by atoms with Crippen molar-refractivity contribution in [2.45, 2.75) is 6.18 Å². The molecule has 0 unspecified atom stereocenters. The Labute approximate surface area is 72.2 Å². The van der Waals surface area contributed by atoms with Crippen LogP contribution in [0.15, 0.2) is 24.3 Å². The first-order valence-electron chi connectivity index (χ1n) is 3.34. The average Bonchev–Trinajstić information content (AvgIpc) is 2.03. The average molecular weight is 188 g/mol. The lowest BCUT2D eigenvalue weighted by atomic mass is 10.1. The molecule has 0 heterocycles. The fourth-order valence-corrected chi connectivity index (χ4v) is 0.837. The molecular weight excluding hydrogens is 183 g/mol. The first-order valence-corrected chi connectivity index (χ1v) is 3.34. The van der Waals surface area contributed by atoms with Crippen LogP contribution in [0.5, 0.6) is 0 Å². The molecule has 1 aromatic rings. The van der Waals surface area contributed by atoms with Gasteiger partial charge in [-0.05, 0) is 18.2 Å². The number of carbonyl (C=O) groups is 1. The van der Waals surface area contributed by atoms with Gasteiger partial charge >= 0.3 is 6.18 Å². The van der Waals surface area contributed by atoms with Crippen LogP contribution in [0.3, 0.4) is 0 Å². The van der Waals surface area contributed by atoms with Crippen LogP contribution in [-0.4, -0.2) is 5.91 Å². The summed E-state index contributed by atoms with van der Waals surface area (Å²) in [6.45, 7) is 0. The number of benzene rings is 1. The van der Waals surface area contributed by atoms with Gasteiger partial charge in [0.2, 0.25) is 0 Å². The van der Waals surface area contributed by atoms with Crippen molar-refractivity contribution in [3.8, 4) is 0 Å². The molecule has 1 rings (SSSR count). The van der Waals surface area contributed by atoms with Gasteiger partial charge in [0, 0.05) is 5.56 Å². The quantitative estimate of drug-likeness (QED) is 0.665. The number of hydrogen-bond acceptors (Lipinski definition) is 1. The zero-order valence-electron chi connectivity index (χ0n) is 6.35. The lowest BCUT2D eigenvalue weighted by molar-refractivity contribution is -0.137. The zero-order valence-corrected chi connectivity index (χ0v) is 6.35. The predicted octanol–water partition coefficient (Wildman–Crippen LogP) is 2.13. The van der Waals surface area contributed by atoms with Gasteiger partial charge in [0.25, 0.3) is 5.91 Å². The van der Waals surface area contributed by atoms with E-state index in [9.17, 15) is 18.0 Å². The standard InChI is InChI=1S/C8H5F3NO/c9-8(10,11)6-3-1-2-5(4-6)7(12)13/h1-4,12H. The summed E-state index contributed by atoms with van der Waals surface area (Å²) in [4.78, 5) is 10.4. The Hall–Kier alpha value is -1.52. The number of carbonyl (C=O) groups excluding carboxylic acids is 1. The molecule has 0 saturated carbocycles. The summed E-state index contributed by atoms with van der Waals surface area (Å²) < 4.78 is 36.2. The second kappa shape index (κ2) is 3.08. The van der Waals surface area contributed by atoms with E-state index >= 15 is 0 Å². The maximum atomic E-state index is 12.1. The van der Waals surface area contributed by atoms with Crippen LogP contribution in [0.4, 0.5) is 13.2 Å². The number of halogens is 3. The van der Waals surface area contributed by atoms with E-state index in [0.29, 0.717) is 6.07 Å². The largest absolute Gasteiger partial charge is 0.416 e. The first-order chi connectivity index (χ1) is 5.91. The highest BCUT2D eigenvalue weighted by Crippen LogP contribution is 2.29. The van der Waals surface area contributed by atoms with E-state index < -0.39 is 17.6 Å². The number of amides is 1. The lowest BCUT2D eigenvalue weighted by Gasteiger charge is -2.06. The summed E-state index contributed by atoms with van der Waals surface area (Å²) in [7, 11) is 0. The van der Waals surface area contributed by atoms with Gasteiger partial charge in [-0.25, -0.2) is 0 Å². The monoisotopic (exact) mass is 188 g/mol. The summed E-state index contributed by atoms with van der Waals surface area (Å²) in [6, 6.07) is 3.79. The Bertz CT molecular complexity index is 332. The molecule has 5 heteroatoms. The maximum absolute atomic E-state index is 12.1. The number of nitrogens with one attached hydrogen (secondary N) is 1. The number of rotatable bonds is 1. The number of alkyl halides is 3. The van der Waals surface area contributed by atoms with Crippen molar-refractivity contribution in [3.63, 3.8) is 0 Å². The second-order valence-corrected chi connectivity index (χ2v) is 2.41. The molecule has 0 aliphatic carbocycles. The summed E-state index contributed by atoms with van der Waals surface area (Å²) in [5.41, 5.74) is 5.45. The van der Waals surface area contributed by atoms with Crippen molar-refractivity contribution in [1.82, 2.24) is 5.73 Å². The van der Waals surface area contributed by atoms with Crippen molar-refractivity contribution in [2.24, 2.45) is 0 Å². The highest BCUT2D eigenvalue weighted by atomic mass is 19.4. The molecule has 0 atom stereocenters. The van der Waals surface area contributed by atoms with Crippen LogP contribution in [0.2, 0.25) is 0 Å². The summed E-state index contributed by atoms with van der Waals surface area (Å²) in [5, 5.41) is 0. The molecule has 0 fully saturated rings. The van der Waals surface area contributed by atoms with E-state index in [2.05, 4.69) is 0 Å². The topological polar surface area (TPSA) is 40.9 Å². The van der Waals surface area contributed by atoms with Crippen molar-refractivity contribution >= 4 is 5.91 Å². The fourth-order valence-electron chi connectivity index (χ4n) is 0.837. The van der Waals surface area contributed by atoms with Crippen LogP contribution < -0.4 is 5.73 Å². The van der Waals surface area contributed by atoms with Gasteiger partial charge in [-0.15, -0.1) is 0 Å². The Morgan fingerprint density at radius 3 is 2.38 bits per heavy atom. The van der Waals surface area contributed by atoms with E-state index in [-0.39, 0.29) is 5.56 Å². The SMILES string of the molecule is [NH]C(=O)c1cccc(C(F)(F)F)c1. The van der Waals surface area contributed by atoms with Crippen LogP contribution in [0.25, 0.3) is 0 Å². The van der Waals surface area contributed by atoms with Crippen molar-refractivity contribution < 1.29 is 18.0 Å². The Morgan fingerprint density at radius 1 is 1.31 bits per heavy atom. The van der Waals surface area contributed by atoms with E-state index in [4.69, 9.17) is 5.73 Å². The third-order valence-corrected chi connectivity index (χ3v) is 1.45. The number of hydrogen-bond donors (Lipinski definition) is 0. The van der Waals surface area contributed by atoms with Crippen LogP contribution in [-0.2, 0) is 6.18 Å². The molecule has 13 heavy (non-hydrogen) atoms. The highest BCUT2D eigenvalue weighted by Gasteiger charge is 2.30. The van der Waals surface area contributed by atoms with E-state index in [1.54, 1.807) is 0 Å². The van der Waals surface area contributed by atoms with Gasteiger partial charge in [0.15, 0.2) is 0 Å².